The van der Waals surface area contributed by atoms with E-state index in [1.54, 1.807) is 16.8 Å². The molecule has 2 aromatic carbocycles. The van der Waals surface area contributed by atoms with Gasteiger partial charge in [0.15, 0.2) is 9.84 Å². The third-order valence-corrected chi connectivity index (χ3v) is 6.32. The Bertz CT molecular complexity index is 1070. The molecule has 3 aromatic rings. The van der Waals surface area contributed by atoms with E-state index in [2.05, 4.69) is 10.3 Å². The molecule has 1 N–H and O–H groups in total. The van der Waals surface area contributed by atoms with Crippen molar-refractivity contribution in [1.82, 2.24) is 9.55 Å². The summed E-state index contributed by atoms with van der Waals surface area (Å²) in [7, 11) is -3.85. The molecule has 0 radical (unpaired) electrons. The fourth-order valence-corrected chi connectivity index (χ4v) is 3.90. The normalized spacial score (nSPS) is 12.5. The van der Waals surface area contributed by atoms with Gasteiger partial charge in [0.05, 0.1) is 5.69 Å². The van der Waals surface area contributed by atoms with Gasteiger partial charge in [-0.2, -0.15) is 0 Å². The minimum absolute atomic E-state index is 0.0554. The van der Waals surface area contributed by atoms with Crippen LogP contribution in [0.4, 0.5) is 10.1 Å². The molecule has 8 heteroatoms. The maximum atomic E-state index is 13.7. The van der Waals surface area contributed by atoms with E-state index in [1.165, 1.54) is 31.3 Å². The first-order valence-corrected chi connectivity index (χ1v) is 10.4. The lowest BCUT2D eigenvalue weighted by Gasteiger charge is -2.14. The van der Waals surface area contributed by atoms with Gasteiger partial charge in [-0.05, 0) is 24.6 Å². The number of nitrogens with one attached hydrogen (secondary N) is 1. The standard InChI is InChI=1S/C20H20FN3O3S/c1-15(20(25)23-18-10-6-5-9-17(18)21)28(26,27)14-19-22-11-12-24(19)13-16-7-3-2-4-8-16/h2-12,15H,13-14H2,1H3,(H,23,25). The summed E-state index contributed by atoms with van der Waals surface area (Å²) in [6.07, 6.45) is 3.22. The molecule has 28 heavy (non-hydrogen) atoms. The first kappa shape index (κ1) is 19.8. The summed E-state index contributed by atoms with van der Waals surface area (Å²) >= 11 is 0. The molecule has 1 unspecified atom stereocenters. The summed E-state index contributed by atoms with van der Waals surface area (Å²) in [4.78, 5) is 16.5. The van der Waals surface area contributed by atoms with Crippen LogP contribution in [0, 0.1) is 5.82 Å². The van der Waals surface area contributed by atoms with E-state index in [0.29, 0.717) is 12.4 Å². The van der Waals surface area contributed by atoms with Crippen LogP contribution in [-0.2, 0) is 26.9 Å². The molecule has 146 valence electrons. The van der Waals surface area contributed by atoms with E-state index in [9.17, 15) is 17.6 Å². The number of aromatic nitrogens is 2. The number of benzene rings is 2. The second kappa shape index (κ2) is 8.35. The highest BCUT2D eigenvalue weighted by molar-refractivity contribution is 7.92. The van der Waals surface area contributed by atoms with Gasteiger partial charge in [0.1, 0.15) is 22.6 Å². The molecule has 0 spiro atoms. The Hall–Kier alpha value is -3.00. The Morgan fingerprint density at radius 3 is 2.54 bits per heavy atom. The highest BCUT2D eigenvalue weighted by Gasteiger charge is 2.30. The quantitative estimate of drug-likeness (QED) is 0.660. The zero-order chi connectivity index (χ0) is 20.1. The lowest BCUT2D eigenvalue weighted by molar-refractivity contribution is -0.115. The highest BCUT2D eigenvalue weighted by atomic mass is 32.2. The van der Waals surface area contributed by atoms with E-state index in [-0.39, 0.29) is 5.69 Å². The molecule has 1 aromatic heterocycles. The number of carbonyl (C=O) groups is 1. The second-order valence-corrected chi connectivity index (χ2v) is 8.70. The average Bonchev–Trinajstić information content (AvgIpc) is 3.09. The Morgan fingerprint density at radius 1 is 1.14 bits per heavy atom. The minimum atomic E-state index is -3.85. The molecule has 0 bridgehead atoms. The summed E-state index contributed by atoms with van der Waals surface area (Å²) < 4.78 is 40.9. The molecule has 0 aliphatic rings. The lowest BCUT2D eigenvalue weighted by Crippen LogP contribution is -2.34. The smallest absolute Gasteiger partial charge is 0.242 e. The number of rotatable bonds is 7. The van der Waals surface area contributed by atoms with Crippen LogP contribution in [-0.4, -0.2) is 29.1 Å². The summed E-state index contributed by atoms with van der Waals surface area (Å²) in [5.74, 6) is -1.46. The number of nitrogens with zero attached hydrogens (tertiary/aromatic N) is 2. The van der Waals surface area contributed by atoms with Crippen LogP contribution in [0.1, 0.15) is 18.3 Å². The van der Waals surface area contributed by atoms with Gasteiger partial charge in [-0.15, -0.1) is 0 Å². The molecule has 1 atom stereocenters. The molecule has 1 amide bonds. The molecule has 0 aliphatic carbocycles. The van der Waals surface area contributed by atoms with Crippen molar-refractivity contribution in [3.63, 3.8) is 0 Å². The maximum absolute atomic E-state index is 13.7. The van der Waals surface area contributed by atoms with Gasteiger partial charge in [0.2, 0.25) is 5.91 Å². The van der Waals surface area contributed by atoms with E-state index in [0.717, 1.165) is 5.56 Å². The third-order valence-electron chi connectivity index (χ3n) is 4.37. The summed E-state index contributed by atoms with van der Waals surface area (Å²) in [5.41, 5.74) is 0.949. The number of sulfone groups is 1. The summed E-state index contributed by atoms with van der Waals surface area (Å²) in [6, 6.07) is 15.2. The van der Waals surface area contributed by atoms with Crippen LogP contribution < -0.4 is 5.32 Å². The fourth-order valence-electron chi connectivity index (χ4n) is 2.67. The van der Waals surface area contributed by atoms with Crippen molar-refractivity contribution in [3.8, 4) is 0 Å². The maximum Gasteiger partial charge on any atom is 0.242 e. The number of imidazole rings is 1. The second-order valence-electron chi connectivity index (χ2n) is 6.38. The largest absolute Gasteiger partial charge is 0.330 e. The molecular formula is C20H20FN3O3S. The predicted octanol–water partition coefficient (Wildman–Crippen LogP) is 3.01. The Labute approximate surface area is 163 Å². The van der Waals surface area contributed by atoms with E-state index >= 15 is 0 Å². The minimum Gasteiger partial charge on any atom is -0.330 e. The topological polar surface area (TPSA) is 81.1 Å². The lowest BCUT2D eigenvalue weighted by atomic mass is 10.2. The Balaban J connectivity index is 1.72. The predicted molar refractivity (Wildman–Crippen MR) is 105 cm³/mol. The van der Waals surface area contributed by atoms with Gasteiger partial charge < -0.3 is 9.88 Å². The highest BCUT2D eigenvalue weighted by Crippen LogP contribution is 2.16. The van der Waals surface area contributed by atoms with Crippen molar-refractivity contribution >= 4 is 21.4 Å². The zero-order valence-electron chi connectivity index (χ0n) is 15.2. The van der Waals surface area contributed by atoms with E-state index < -0.39 is 32.6 Å². The van der Waals surface area contributed by atoms with Crippen molar-refractivity contribution in [2.45, 2.75) is 24.5 Å². The fraction of sp³-hybridized carbons (Fsp3) is 0.200. The molecular weight excluding hydrogens is 381 g/mol. The number of halogens is 1. The number of anilines is 1. The number of hydrogen-bond acceptors (Lipinski definition) is 4. The van der Waals surface area contributed by atoms with Crippen molar-refractivity contribution in [3.05, 3.63) is 84.2 Å². The van der Waals surface area contributed by atoms with E-state index in [1.807, 2.05) is 30.3 Å². The Kier molecular flexibility index (Phi) is 5.89. The van der Waals surface area contributed by atoms with Crippen molar-refractivity contribution in [2.75, 3.05) is 5.32 Å². The number of para-hydroxylation sites is 1. The summed E-state index contributed by atoms with van der Waals surface area (Å²) in [6.45, 7) is 1.76. The SMILES string of the molecule is CC(C(=O)Nc1ccccc1F)S(=O)(=O)Cc1nccn1Cc1ccccc1. The van der Waals surface area contributed by atoms with Crippen LogP contribution in [0.5, 0.6) is 0 Å². The first-order valence-electron chi connectivity index (χ1n) is 8.68. The number of hydrogen-bond donors (Lipinski definition) is 1. The van der Waals surface area contributed by atoms with Crippen LogP contribution in [0.15, 0.2) is 67.0 Å². The van der Waals surface area contributed by atoms with Crippen LogP contribution in [0.25, 0.3) is 0 Å². The van der Waals surface area contributed by atoms with Gasteiger partial charge in [-0.25, -0.2) is 17.8 Å². The summed E-state index contributed by atoms with van der Waals surface area (Å²) in [5, 5.41) is 0.977. The molecule has 0 aliphatic heterocycles. The van der Waals surface area contributed by atoms with Crippen LogP contribution in [0.3, 0.4) is 0 Å². The molecule has 1 heterocycles. The molecule has 0 saturated heterocycles. The first-order chi connectivity index (χ1) is 13.4. The molecule has 3 rings (SSSR count). The van der Waals surface area contributed by atoms with Gasteiger partial charge in [-0.3, -0.25) is 4.79 Å². The van der Waals surface area contributed by atoms with E-state index in [4.69, 9.17) is 0 Å². The van der Waals surface area contributed by atoms with Crippen LogP contribution in [0.2, 0.25) is 0 Å². The average molecular weight is 401 g/mol. The van der Waals surface area contributed by atoms with Crippen molar-refractivity contribution < 1.29 is 17.6 Å². The number of amides is 1. The molecule has 0 saturated carbocycles. The van der Waals surface area contributed by atoms with Gasteiger partial charge in [0, 0.05) is 18.9 Å². The number of carbonyl (C=O) groups excluding carboxylic acids is 1. The van der Waals surface area contributed by atoms with Crippen molar-refractivity contribution in [2.24, 2.45) is 0 Å². The van der Waals surface area contributed by atoms with Crippen LogP contribution >= 0.6 is 0 Å². The van der Waals surface area contributed by atoms with Gasteiger partial charge >= 0.3 is 0 Å². The van der Waals surface area contributed by atoms with Gasteiger partial charge in [0.25, 0.3) is 0 Å². The van der Waals surface area contributed by atoms with Crippen molar-refractivity contribution in [1.29, 1.82) is 0 Å². The Morgan fingerprint density at radius 2 is 1.82 bits per heavy atom. The monoisotopic (exact) mass is 401 g/mol. The molecule has 6 nitrogen and oxygen atoms in total. The van der Waals surface area contributed by atoms with Gasteiger partial charge in [-0.1, -0.05) is 42.5 Å². The molecule has 0 fully saturated rings. The third kappa shape index (κ3) is 4.64. The zero-order valence-corrected chi connectivity index (χ0v) is 16.1.